The van der Waals surface area contributed by atoms with Crippen molar-refractivity contribution in [2.45, 2.75) is 98.6 Å². The number of ether oxygens (including phenoxy) is 1. The van der Waals surface area contributed by atoms with Crippen molar-refractivity contribution in [3.63, 3.8) is 0 Å². The smallest absolute Gasteiger partial charge is 0.231 e. The Morgan fingerprint density at radius 1 is 1.03 bits per heavy atom. The van der Waals surface area contributed by atoms with Crippen molar-refractivity contribution in [2.75, 3.05) is 27.2 Å². The van der Waals surface area contributed by atoms with Gasteiger partial charge in [0.05, 0.1) is 5.60 Å². The topological polar surface area (TPSA) is 117 Å². The lowest BCUT2D eigenvalue weighted by Gasteiger charge is -2.30. The fourth-order valence-electron chi connectivity index (χ4n) is 2.46. The number of carbonyl (C=O) groups excluding carboxylic acids is 4. The first-order valence-corrected chi connectivity index (χ1v) is 11.9. The van der Waals surface area contributed by atoms with Crippen LogP contribution in [0, 0.1) is 5.92 Å². The maximum Gasteiger partial charge on any atom is 0.231 e. The van der Waals surface area contributed by atoms with Crippen LogP contribution in [0.25, 0.3) is 0 Å². The minimum Gasteiger partial charge on any atom is -0.375 e. The minimum atomic E-state index is -0.482. The summed E-state index contributed by atoms with van der Waals surface area (Å²) >= 11 is 0. The van der Waals surface area contributed by atoms with E-state index >= 15 is 0 Å². The van der Waals surface area contributed by atoms with Gasteiger partial charge in [0, 0.05) is 37.5 Å². The first kappa shape index (κ1) is 35.7. The number of nitrogens with one attached hydrogen (secondary N) is 3. The highest BCUT2D eigenvalue weighted by Crippen LogP contribution is 2.18. The van der Waals surface area contributed by atoms with E-state index in [-0.39, 0.29) is 36.3 Å². The van der Waals surface area contributed by atoms with E-state index in [0.717, 1.165) is 11.2 Å². The summed E-state index contributed by atoms with van der Waals surface area (Å²) in [5.74, 6) is -0.719. The molecule has 0 aromatic rings. The van der Waals surface area contributed by atoms with Crippen molar-refractivity contribution < 1.29 is 23.9 Å². The summed E-state index contributed by atoms with van der Waals surface area (Å²) in [6, 6.07) is 0. The Balaban J connectivity index is -0.00000134. The molecule has 33 heavy (non-hydrogen) atoms. The fraction of sp³-hybridized carbons (Fsp3) is 0.833. The first-order chi connectivity index (χ1) is 15.4. The number of hydrazine groups is 1. The summed E-state index contributed by atoms with van der Waals surface area (Å²) in [6.07, 6.45) is 3.78. The SMILES string of the molecule is CC.CCC(C)C(=O)N(C=O)CCC(=O)NC(C)(C)CCOC(C)(C)CCC=O.CNNC. The number of aldehydes is 1. The van der Waals surface area contributed by atoms with E-state index < -0.39 is 5.54 Å². The van der Waals surface area contributed by atoms with Crippen LogP contribution < -0.4 is 16.2 Å². The molecule has 0 fully saturated rings. The third kappa shape index (κ3) is 20.5. The highest BCUT2D eigenvalue weighted by molar-refractivity contribution is 5.88. The van der Waals surface area contributed by atoms with E-state index in [1.165, 1.54) is 0 Å². The number of nitrogens with zero attached hydrogens (tertiary/aromatic N) is 1. The molecular weight excluding hydrogens is 424 g/mol. The Labute approximate surface area is 201 Å². The van der Waals surface area contributed by atoms with Gasteiger partial charge in [0.15, 0.2) is 0 Å². The number of hydrogen-bond acceptors (Lipinski definition) is 7. The molecule has 0 aromatic carbocycles. The summed E-state index contributed by atoms with van der Waals surface area (Å²) in [5, 5.41) is 2.92. The van der Waals surface area contributed by atoms with Gasteiger partial charge in [0.25, 0.3) is 0 Å². The van der Waals surface area contributed by atoms with Crippen LogP contribution in [-0.4, -0.2) is 67.8 Å². The molecule has 9 heteroatoms. The predicted octanol–water partition coefficient (Wildman–Crippen LogP) is 2.83. The molecule has 0 radical (unpaired) electrons. The number of amides is 3. The van der Waals surface area contributed by atoms with E-state index in [0.29, 0.717) is 38.7 Å². The standard InChI is InChI=1S/C20H36N2O5.C2H8N2.C2H6/c1-7-16(2)18(26)22(15-24)12-9-17(25)21-19(3,4)11-14-27-20(5,6)10-8-13-23;1-3-4-2;1-2/h13,15-16H,7-12,14H2,1-6H3,(H,21,25);3-4H,1-2H3;1-2H3. The molecular formula is C24H50N4O5. The van der Waals surface area contributed by atoms with Gasteiger partial charge in [-0.25, -0.2) is 0 Å². The average Bonchev–Trinajstić information content (AvgIpc) is 2.78. The third-order valence-corrected chi connectivity index (χ3v) is 4.84. The molecule has 196 valence electrons. The van der Waals surface area contributed by atoms with Crippen LogP contribution in [0.3, 0.4) is 0 Å². The van der Waals surface area contributed by atoms with Gasteiger partial charge >= 0.3 is 0 Å². The van der Waals surface area contributed by atoms with Crippen molar-refractivity contribution in [1.29, 1.82) is 0 Å². The molecule has 0 aliphatic rings. The Hall–Kier alpha value is -1.84. The maximum absolute atomic E-state index is 12.2. The quantitative estimate of drug-likeness (QED) is 0.247. The fourth-order valence-corrected chi connectivity index (χ4v) is 2.46. The van der Waals surface area contributed by atoms with Crippen molar-refractivity contribution in [1.82, 2.24) is 21.1 Å². The third-order valence-electron chi connectivity index (χ3n) is 4.84. The van der Waals surface area contributed by atoms with Crippen LogP contribution in [0.15, 0.2) is 0 Å². The maximum atomic E-state index is 12.2. The second-order valence-corrected chi connectivity index (χ2v) is 8.69. The Kier molecular flexibility index (Phi) is 22.5. The van der Waals surface area contributed by atoms with E-state index in [9.17, 15) is 19.2 Å². The normalized spacial score (nSPS) is 11.7. The van der Waals surface area contributed by atoms with Crippen molar-refractivity contribution in [2.24, 2.45) is 5.92 Å². The number of imide groups is 1. The first-order valence-electron chi connectivity index (χ1n) is 11.9. The molecule has 0 heterocycles. The van der Waals surface area contributed by atoms with Crippen LogP contribution >= 0.6 is 0 Å². The van der Waals surface area contributed by atoms with Gasteiger partial charge in [-0.05, 0) is 61.1 Å². The van der Waals surface area contributed by atoms with Crippen LogP contribution in [0.1, 0.15) is 87.5 Å². The van der Waals surface area contributed by atoms with Gasteiger partial charge in [0.2, 0.25) is 18.2 Å². The van der Waals surface area contributed by atoms with E-state index in [1.807, 2.05) is 62.6 Å². The molecule has 0 aromatic heterocycles. The van der Waals surface area contributed by atoms with Crippen molar-refractivity contribution in [3.05, 3.63) is 0 Å². The molecule has 3 amide bonds. The molecule has 0 spiro atoms. The number of hydrogen-bond donors (Lipinski definition) is 3. The predicted molar refractivity (Wildman–Crippen MR) is 133 cm³/mol. The van der Waals surface area contributed by atoms with E-state index in [1.54, 1.807) is 6.92 Å². The molecule has 0 saturated carbocycles. The molecule has 0 aliphatic heterocycles. The second-order valence-electron chi connectivity index (χ2n) is 8.69. The lowest BCUT2D eigenvalue weighted by molar-refractivity contribution is -0.141. The number of carbonyl (C=O) groups is 4. The molecule has 0 aliphatic carbocycles. The Bertz CT molecular complexity index is 537. The lowest BCUT2D eigenvalue weighted by Crippen LogP contribution is -2.46. The molecule has 1 unspecified atom stereocenters. The van der Waals surface area contributed by atoms with Gasteiger partial charge < -0.3 is 14.8 Å². The molecule has 0 rings (SSSR count). The van der Waals surface area contributed by atoms with Crippen LogP contribution in [0.5, 0.6) is 0 Å². The van der Waals surface area contributed by atoms with E-state index in [2.05, 4.69) is 16.2 Å². The lowest BCUT2D eigenvalue weighted by atomic mass is 9.99. The average molecular weight is 475 g/mol. The van der Waals surface area contributed by atoms with Crippen LogP contribution in [0.2, 0.25) is 0 Å². The Morgan fingerprint density at radius 2 is 1.58 bits per heavy atom. The molecule has 3 N–H and O–H groups in total. The largest absolute Gasteiger partial charge is 0.375 e. The van der Waals surface area contributed by atoms with Gasteiger partial charge in [-0.15, -0.1) is 0 Å². The van der Waals surface area contributed by atoms with Gasteiger partial charge in [-0.2, -0.15) is 0 Å². The van der Waals surface area contributed by atoms with Gasteiger partial charge in [-0.3, -0.25) is 30.1 Å². The Morgan fingerprint density at radius 3 is 2.00 bits per heavy atom. The summed E-state index contributed by atoms with van der Waals surface area (Å²) in [7, 11) is 3.64. The molecule has 1 atom stereocenters. The zero-order valence-electron chi connectivity index (χ0n) is 22.7. The summed E-state index contributed by atoms with van der Waals surface area (Å²) < 4.78 is 5.83. The molecule has 9 nitrogen and oxygen atoms in total. The summed E-state index contributed by atoms with van der Waals surface area (Å²) in [6.45, 7) is 15.8. The number of rotatable bonds is 15. The van der Waals surface area contributed by atoms with Crippen LogP contribution in [0.4, 0.5) is 0 Å². The minimum absolute atomic E-state index is 0.0655. The van der Waals surface area contributed by atoms with Gasteiger partial charge in [-0.1, -0.05) is 27.7 Å². The van der Waals surface area contributed by atoms with Gasteiger partial charge in [0.1, 0.15) is 6.29 Å². The van der Waals surface area contributed by atoms with Crippen molar-refractivity contribution in [3.8, 4) is 0 Å². The second kappa shape index (κ2) is 20.7. The zero-order valence-corrected chi connectivity index (χ0v) is 22.7. The highest BCUT2D eigenvalue weighted by atomic mass is 16.5. The summed E-state index contributed by atoms with van der Waals surface area (Å²) in [4.78, 5) is 46.9. The highest BCUT2D eigenvalue weighted by Gasteiger charge is 2.24. The monoisotopic (exact) mass is 474 g/mol. The summed E-state index contributed by atoms with van der Waals surface area (Å²) in [5.41, 5.74) is 4.49. The van der Waals surface area contributed by atoms with E-state index in [4.69, 9.17) is 4.74 Å². The molecule has 0 saturated heterocycles. The van der Waals surface area contributed by atoms with Crippen molar-refractivity contribution >= 4 is 24.5 Å². The molecule has 0 bridgehead atoms. The zero-order chi connectivity index (χ0) is 26.5. The van der Waals surface area contributed by atoms with Crippen LogP contribution in [-0.2, 0) is 23.9 Å².